The summed E-state index contributed by atoms with van der Waals surface area (Å²) in [4.78, 5) is 12.0. The van der Waals surface area contributed by atoms with Gasteiger partial charge in [0.25, 0.3) is 0 Å². The number of benzene rings is 1. The summed E-state index contributed by atoms with van der Waals surface area (Å²) in [5, 5.41) is 0. The monoisotopic (exact) mass is 256 g/mol. The van der Waals surface area contributed by atoms with Crippen molar-refractivity contribution in [2.24, 2.45) is 17.8 Å². The van der Waals surface area contributed by atoms with Crippen LogP contribution in [0.2, 0.25) is 0 Å². The Bertz CT molecular complexity index is 489. The molecule has 2 fully saturated rings. The molecule has 0 aliphatic heterocycles. The lowest BCUT2D eigenvalue weighted by molar-refractivity contribution is -0.130. The van der Waals surface area contributed by atoms with Crippen LogP contribution in [0.25, 0.3) is 0 Å². The third-order valence-corrected chi connectivity index (χ3v) is 4.53. The number of fused-ring (bicyclic) bond motifs is 2. The van der Waals surface area contributed by atoms with Gasteiger partial charge in [-0.25, -0.2) is 4.79 Å². The molecule has 2 saturated carbocycles. The minimum Gasteiger partial charge on any atom is -0.423 e. The maximum Gasteiger partial charge on any atom is 0.338 e. The molecule has 3 rings (SSSR count). The van der Waals surface area contributed by atoms with E-state index >= 15 is 0 Å². The van der Waals surface area contributed by atoms with Crippen LogP contribution in [0, 0.1) is 17.8 Å². The predicted molar refractivity (Wildman–Crippen MR) is 74.8 cm³/mol. The molecule has 0 heterocycles. The fourth-order valence-corrected chi connectivity index (χ4v) is 3.56. The van der Waals surface area contributed by atoms with Gasteiger partial charge in [0, 0.05) is 5.57 Å². The molecule has 0 spiro atoms. The number of carbonyl (C=O) groups is 1. The summed E-state index contributed by atoms with van der Waals surface area (Å²) in [5.74, 6) is 2.72. The van der Waals surface area contributed by atoms with Gasteiger partial charge in [-0.3, -0.25) is 0 Å². The van der Waals surface area contributed by atoms with Crippen molar-refractivity contribution in [2.75, 3.05) is 0 Å². The SMILES string of the molecule is CC(=CC1CC2CCC1C2)C(=O)Oc1ccccc1. The number of para-hydroxylation sites is 1. The van der Waals surface area contributed by atoms with Gasteiger partial charge >= 0.3 is 5.97 Å². The van der Waals surface area contributed by atoms with E-state index in [1.54, 1.807) is 0 Å². The summed E-state index contributed by atoms with van der Waals surface area (Å²) in [6.45, 7) is 1.87. The van der Waals surface area contributed by atoms with Crippen molar-refractivity contribution in [3.05, 3.63) is 42.0 Å². The first-order valence-electron chi connectivity index (χ1n) is 7.18. The molecule has 1 aromatic rings. The number of hydrogen-bond acceptors (Lipinski definition) is 2. The second-order valence-electron chi connectivity index (χ2n) is 5.89. The van der Waals surface area contributed by atoms with Gasteiger partial charge in [0.1, 0.15) is 5.75 Å². The Kier molecular flexibility index (Phi) is 3.41. The van der Waals surface area contributed by atoms with Gasteiger partial charge in [0.05, 0.1) is 0 Å². The van der Waals surface area contributed by atoms with Gasteiger partial charge in [0.15, 0.2) is 0 Å². The lowest BCUT2D eigenvalue weighted by Gasteiger charge is -2.18. The smallest absolute Gasteiger partial charge is 0.338 e. The van der Waals surface area contributed by atoms with Crippen LogP contribution in [0.4, 0.5) is 0 Å². The molecule has 0 aromatic heterocycles. The second kappa shape index (κ2) is 5.20. The van der Waals surface area contributed by atoms with E-state index in [0.717, 1.165) is 17.4 Å². The van der Waals surface area contributed by atoms with E-state index < -0.39 is 0 Å². The highest BCUT2D eigenvalue weighted by atomic mass is 16.5. The Balaban J connectivity index is 1.63. The first-order valence-corrected chi connectivity index (χ1v) is 7.18. The van der Waals surface area contributed by atoms with Crippen LogP contribution in [0.1, 0.15) is 32.6 Å². The van der Waals surface area contributed by atoms with Crippen LogP contribution in [-0.2, 0) is 4.79 Å². The standard InChI is InChI=1S/C17H20O2/c1-12(9-15-11-13-7-8-14(15)10-13)17(18)19-16-5-3-2-4-6-16/h2-6,9,13-15H,7-8,10-11H2,1H3. The average Bonchev–Trinajstić information content (AvgIpc) is 3.02. The van der Waals surface area contributed by atoms with Crippen molar-refractivity contribution < 1.29 is 9.53 Å². The van der Waals surface area contributed by atoms with Gasteiger partial charge in [-0.05, 0) is 56.1 Å². The molecule has 19 heavy (non-hydrogen) atoms. The third kappa shape index (κ3) is 2.73. The summed E-state index contributed by atoms with van der Waals surface area (Å²) in [5.41, 5.74) is 0.751. The quantitative estimate of drug-likeness (QED) is 0.464. The van der Waals surface area contributed by atoms with Crippen LogP contribution < -0.4 is 4.74 Å². The highest BCUT2D eigenvalue weighted by Crippen LogP contribution is 2.49. The van der Waals surface area contributed by atoms with Gasteiger partial charge in [-0.1, -0.05) is 30.7 Å². The zero-order valence-electron chi connectivity index (χ0n) is 11.3. The topological polar surface area (TPSA) is 26.3 Å². The van der Waals surface area contributed by atoms with Crippen LogP contribution in [-0.4, -0.2) is 5.97 Å². The molecule has 3 unspecified atom stereocenters. The van der Waals surface area contributed by atoms with E-state index in [-0.39, 0.29) is 5.97 Å². The maximum atomic E-state index is 12.0. The molecule has 0 saturated heterocycles. The summed E-state index contributed by atoms with van der Waals surface area (Å²) >= 11 is 0. The van der Waals surface area contributed by atoms with E-state index in [4.69, 9.17) is 4.74 Å². The van der Waals surface area contributed by atoms with Crippen molar-refractivity contribution >= 4 is 5.97 Å². The van der Waals surface area contributed by atoms with Gasteiger partial charge in [0.2, 0.25) is 0 Å². The Morgan fingerprint density at radius 3 is 2.63 bits per heavy atom. The van der Waals surface area contributed by atoms with E-state index in [0.29, 0.717) is 11.7 Å². The van der Waals surface area contributed by atoms with Crippen molar-refractivity contribution in [1.82, 2.24) is 0 Å². The molecule has 2 nitrogen and oxygen atoms in total. The summed E-state index contributed by atoms with van der Waals surface area (Å²) < 4.78 is 5.36. The average molecular weight is 256 g/mol. The zero-order chi connectivity index (χ0) is 13.2. The fraction of sp³-hybridized carbons (Fsp3) is 0.471. The van der Waals surface area contributed by atoms with E-state index in [1.807, 2.05) is 37.3 Å². The molecule has 0 amide bonds. The second-order valence-corrected chi connectivity index (χ2v) is 5.89. The molecule has 2 aliphatic carbocycles. The largest absolute Gasteiger partial charge is 0.423 e. The number of hydrogen-bond donors (Lipinski definition) is 0. The number of esters is 1. The van der Waals surface area contributed by atoms with E-state index in [2.05, 4.69) is 6.08 Å². The van der Waals surface area contributed by atoms with E-state index in [9.17, 15) is 4.79 Å². The minimum absolute atomic E-state index is 0.214. The van der Waals surface area contributed by atoms with Crippen molar-refractivity contribution in [3.8, 4) is 5.75 Å². The van der Waals surface area contributed by atoms with Crippen molar-refractivity contribution in [3.63, 3.8) is 0 Å². The molecule has 1 aromatic carbocycles. The van der Waals surface area contributed by atoms with Crippen molar-refractivity contribution in [2.45, 2.75) is 32.6 Å². The number of ether oxygens (including phenoxy) is 1. The molecular formula is C17H20O2. The zero-order valence-corrected chi connectivity index (χ0v) is 11.3. The molecule has 2 heteroatoms. The van der Waals surface area contributed by atoms with Gasteiger partial charge in [-0.2, -0.15) is 0 Å². The fourth-order valence-electron chi connectivity index (χ4n) is 3.56. The van der Waals surface area contributed by atoms with Crippen LogP contribution in [0.3, 0.4) is 0 Å². The van der Waals surface area contributed by atoms with Gasteiger partial charge < -0.3 is 4.74 Å². The predicted octanol–water partition coefficient (Wildman–Crippen LogP) is 3.97. The van der Waals surface area contributed by atoms with E-state index in [1.165, 1.54) is 25.7 Å². The molecule has 0 radical (unpaired) electrons. The molecule has 3 atom stereocenters. The molecule has 2 aliphatic rings. The lowest BCUT2D eigenvalue weighted by atomic mass is 9.87. The Hall–Kier alpha value is -1.57. The summed E-state index contributed by atoms with van der Waals surface area (Å²) in [7, 11) is 0. The minimum atomic E-state index is -0.214. The Morgan fingerprint density at radius 1 is 1.21 bits per heavy atom. The molecule has 0 N–H and O–H groups in total. The molecular weight excluding hydrogens is 236 g/mol. The van der Waals surface area contributed by atoms with Crippen LogP contribution in [0.5, 0.6) is 5.75 Å². The highest BCUT2D eigenvalue weighted by molar-refractivity contribution is 5.89. The number of carbonyl (C=O) groups excluding carboxylic acids is 1. The maximum absolute atomic E-state index is 12.0. The van der Waals surface area contributed by atoms with Crippen molar-refractivity contribution in [1.29, 1.82) is 0 Å². The first-order chi connectivity index (χ1) is 9.22. The van der Waals surface area contributed by atoms with Crippen LogP contribution in [0.15, 0.2) is 42.0 Å². The molecule has 100 valence electrons. The third-order valence-electron chi connectivity index (χ3n) is 4.53. The van der Waals surface area contributed by atoms with Gasteiger partial charge in [-0.15, -0.1) is 0 Å². The number of rotatable bonds is 3. The summed E-state index contributed by atoms with van der Waals surface area (Å²) in [6.07, 6.45) is 7.51. The highest BCUT2D eigenvalue weighted by Gasteiger charge is 2.38. The first kappa shape index (κ1) is 12.5. The molecule has 2 bridgehead atoms. The van der Waals surface area contributed by atoms with Crippen LogP contribution >= 0.6 is 0 Å². The summed E-state index contributed by atoms with van der Waals surface area (Å²) in [6, 6.07) is 9.27. The lowest BCUT2D eigenvalue weighted by Crippen LogP contribution is -2.13. The Morgan fingerprint density at radius 2 is 2.00 bits per heavy atom. The number of allylic oxidation sites excluding steroid dienone is 1. The Labute approximate surface area is 114 Å². The normalized spacial score (nSPS) is 29.5.